The van der Waals surface area contributed by atoms with Gasteiger partial charge < -0.3 is 15.8 Å². The van der Waals surface area contributed by atoms with E-state index in [0.717, 1.165) is 6.07 Å². The normalized spacial score (nSPS) is 27.7. The van der Waals surface area contributed by atoms with Crippen LogP contribution in [0.2, 0.25) is 0 Å². The average Bonchev–Trinajstić information content (AvgIpc) is 2.73. The fourth-order valence-corrected chi connectivity index (χ4v) is 3.56. The third kappa shape index (κ3) is 3.79. The maximum atomic E-state index is 15.8. The number of carbonyl (C=O) groups excluding carboxylic acids is 1. The number of nitriles is 1. The Morgan fingerprint density at radius 3 is 2.58 bits per heavy atom. The van der Waals surface area contributed by atoms with Crippen LogP contribution in [-0.2, 0) is 5.54 Å². The van der Waals surface area contributed by atoms with Crippen molar-refractivity contribution in [2.24, 2.45) is 16.1 Å². The van der Waals surface area contributed by atoms with Crippen molar-refractivity contribution in [3.05, 3.63) is 47.7 Å². The molecule has 3 rings (SSSR count). The van der Waals surface area contributed by atoms with Crippen LogP contribution in [0.15, 0.2) is 35.6 Å². The molecule has 0 fully saturated rings. The summed E-state index contributed by atoms with van der Waals surface area (Å²) >= 11 is 0. The Labute approximate surface area is 178 Å². The van der Waals surface area contributed by atoms with Gasteiger partial charge in [0.2, 0.25) is 5.88 Å². The molecule has 1 aliphatic heterocycles. The van der Waals surface area contributed by atoms with E-state index in [1.165, 1.54) is 52.4 Å². The Kier molecular flexibility index (Phi) is 5.40. The zero-order valence-electron chi connectivity index (χ0n) is 17.5. The van der Waals surface area contributed by atoms with Crippen molar-refractivity contribution < 1.29 is 18.3 Å². The van der Waals surface area contributed by atoms with Gasteiger partial charge in [0.05, 0.1) is 25.6 Å². The highest BCUT2D eigenvalue weighted by molar-refractivity contribution is 6.02. The van der Waals surface area contributed by atoms with Gasteiger partial charge in [-0.3, -0.25) is 9.79 Å². The van der Waals surface area contributed by atoms with E-state index >= 15 is 4.39 Å². The number of nitrogens with two attached hydrogens (primary N) is 1. The predicted molar refractivity (Wildman–Crippen MR) is 110 cm³/mol. The molecule has 3 N–H and O–H groups in total. The first-order chi connectivity index (χ1) is 14.5. The van der Waals surface area contributed by atoms with Crippen molar-refractivity contribution in [1.82, 2.24) is 9.97 Å². The summed E-state index contributed by atoms with van der Waals surface area (Å²) in [6, 6.07) is 5.73. The van der Waals surface area contributed by atoms with Crippen molar-refractivity contribution in [3.63, 3.8) is 0 Å². The number of alkyl halides is 1. The summed E-state index contributed by atoms with van der Waals surface area (Å²) in [5.41, 5.74) is 0.981. The van der Waals surface area contributed by atoms with Crippen LogP contribution < -0.4 is 15.8 Å². The lowest BCUT2D eigenvalue weighted by Crippen LogP contribution is -2.55. The molecule has 0 saturated heterocycles. The maximum absolute atomic E-state index is 15.8. The number of amidine groups is 1. The molecule has 1 aromatic carbocycles. The van der Waals surface area contributed by atoms with Gasteiger partial charge in [-0.2, -0.15) is 5.26 Å². The van der Waals surface area contributed by atoms with Crippen LogP contribution in [0.4, 0.5) is 14.5 Å². The number of amides is 1. The number of anilines is 1. The summed E-state index contributed by atoms with van der Waals surface area (Å²) < 4.78 is 35.5. The molecule has 3 atom stereocenters. The summed E-state index contributed by atoms with van der Waals surface area (Å²) in [5.74, 6) is -1.14. The Hall–Kier alpha value is -3.61. The first-order valence-corrected chi connectivity index (χ1v) is 9.39. The Morgan fingerprint density at radius 1 is 1.29 bits per heavy atom. The molecule has 0 radical (unpaired) electrons. The average molecular weight is 428 g/mol. The van der Waals surface area contributed by atoms with Gasteiger partial charge in [-0.25, -0.2) is 18.7 Å². The number of nitrogens with zero attached hydrogens (tertiary/aromatic N) is 4. The lowest BCUT2D eigenvalue weighted by molar-refractivity contribution is 0.0433. The number of rotatable bonds is 4. The first-order valence-electron chi connectivity index (χ1n) is 9.39. The van der Waals surface area contributed by atoms with Gasteiger partial charge in [-0.05, 0) is 39.0 Å². The molecular weight excluding hydrogens is 406 g/mol. The highest BCUT2D eigenvalue weighted by atomic mass is 19.1. The van der Waals surface area contributed by atoms with E-state index in [9.17, 15) is 14.4 Å². The Balaban J connectivity index is 1.99. The van der Waals surface area contributed by atoms with Gasteiger partial charge in [-0.15, -0.1) is 0 Å². The predicted octanol–water partition coefficient (Wildman–Crippen LogP) is 3.11. The third-order valence-corrected chi connectivity index (χ3v) is 5.68. The molecule has 0 aliphatic carbocycles. The van der Waals surface area contributed by atoms with Gasteiger partial charge in [-0.1, -0.05) is 0 Å². The lowest BCUT2D eigenvalue weighted by atomic mass is 9.66. The van der Waals surface area contributed by atoms with Crippen LogP contribution in [0.5, 0.6) is 5.88 Å². The number of hydrogen-bond acceptors (Lipinski definition) is 7. The summed E-state index contributed by atoms with van der Waals surface area (Å²) in [4.78, 5) is 24.5. The number of aliphatic imine (C=N–C) groups is 1. The molecule has 0 bridgehead atoms. The molecule has 1 aliphatic rings. The number of ether oxygens (including phenoxy) is 1. The number of nitrogens with one attached hydrogen (secondary N) is 1. The molecule has 2 aromatic rings. The summed E-state index contributed by atoms with van der Waals surface area (Å²) in [7, 11) is 1.42. The lowest BCUT2D eigenvalue weighted by Gasteiger charge is -2.46. The van der Waals surface area contributed by atoms with Gasteiger partial charge >= 0.3 is 0 Å². The minimum atomic E-state index is -2.09. The molecule has 1 amide bonds. The molecule has 0 spiro atoms. The minimum absolute atomic E-state index is 0.0120. The molecule has 10 heteroatoms. The number of hydrogen-bond donors (Lipinski definition) is 2. The zero-order chi connectivity index (χ0) is 23.0. The van der Waals surface area contributed by atoms with E-state index < -0.39 is 28.3 Å². The molecule has 0 unspecified atom stereocenters. The molecule has 2 heterocycles. The number of carbonyl (C=O) groups is 1. The van der Waals surface area contributed by atoms with Crippen LogP contribution in [-0.4, -0.2) is 34.5 Å². The molecule has 0 saturated carbocycles. The summed E-state index contributed by atoms with van der Waals surface area (Å²) in [6.07, 6.45) is 2.25. The number of aromatic nitrogens is 2. The number of methoxy groups -OCH3 is 1. The second-order valence-electron chi connectivity index (χ2n) is 7.98. The van der Waals surface area contributed by atoms with E-state index in [-0.39, 0.29) is 35.1 Å². The highest BCUT2D eigenvalue weighted by Gasteiger charge is 2.56. The van der Waals surface area contributed by atoms with Crippen LogP contribution in [0.1, 0.15) is 43.2 Å². The maximum Gasteiger partial charge on any atom is 0.275 e. The topological polar surface area (TPSA) is 126 Å². The standard InChI is InChI=1S/C21H22F2N6O2/c1-19(11-24)10-20(2,23)21(3,29-18(19)25)13-7-12(5-6-14(13)22)28-17(30)15-8-27-16(31-4)9-26-15/h5-9H,10H2,1-4H3,(H2,25,29)(H,28,30)/t19-,20-,21+/m0/s1. The van der Waals surface area contributed by atoms with Gasteiger partial charge in [0.25, 0.3) is 5.91 Å². The van der Waals surface area contributed by atoms with Crippen molar-refractivity contribution in [3.8, 4) is 11.9 Å². The second kappa shape index (κ2) is 7.58. The van der Waals surface area contributed by atoms with Crippen molar-refractivity contribution in [2.75, 3.05) is 12.4 Å². The fourth-order valence-electron chi connectivity index (χ4n) is 3.56. The van der Waals surface area contributed by atoms with Crippen molar-refractivity contribution >= 4 is 17.4 Å². The van der Waals surface area contributed by atoms with Gasteiger partial charge in [0.1, 0.15) is 34.0 Å². The smallest absolute Gasteiger partial charge is 0.275 e. The van der Waals surface area contributed by atoms with Crippen LogP contribution in [0.3, 0.4) is 0 Å². The minimum Gasteiger partial charge on any atom is -0.480 e. The zero-order valence-corrected chi connectivity index (χ0v) is 17.5. The van der Waals surface area contributed by atoms with E-state index in [0.29, 0.717) is 0 Å². The summed E-state index contributed by atoms with van der Waals surface area (Å²) in [6.45, 7) is 4.16. The van der Waals surface area contributed by atoms with E-state index in [2.05, 4.69) is 20.3 Å². The molecular formula is C21H22F2N6O2. The van der Waals surface area contributed by atoms with Crippen LogP contribution in [0.25, 0.3) is 0 Å². The van der Waals surface area contributed by atoms with Crippen LogP contribution in [0, 0.1) is 22.6 Å². The fraction of sp³-hybridized carbons (Fsp3) is 0.381. The Morgan fingerprint density at radius 2 is 2.00 bits per heavy atom. The first kappa shape index (κ1) is 22.1. The molecule has 8 nitrogen and oxygen atoms in total. The second-order valence-corrected chi connectivity index (χ2v) is 7.98. The SMILES string of the molecule is COc1cnc(C(=O)Nc2ccc(F)c([C@@]3(C)N=C(N)[C@](C)(C#N)C[C@]3(C)F)c2)cn1. The number of benzene rings is 1. The van der Waals surface area contributed by atoms with E-state index in [4.69, 9.17) is 10.5 Å². The third-order valence-electron chi connectivity index (χ3n) is 5.68. The Bertz CT molecular complexity index is 1100. The van der Waals surface area contributed by atoms with E-state index in [1.54, 1.807) is 0 Å². The molecule has 31 heavy (non-hydrogen) atoms. The van der Waals surface area contributed by atoms with Crippen molar-refractivity contribution in [1.29, 1.82) is 5.26 Å². The number of halogens is 2. The van der Waals surface area contributed by atoms with Crippen LogP contribution >= 0.6 is 0 Å². The largest absolute Gasteiger partial charge is 0.480 e. The molecule has 1 aromatic heterocycles. The quantitative estimate of drug-likeness (QED) is 0.771. The summed E-state index contributed by atoms with van der Waals surface area (Å²) in [5, 5.41) is 12.0. The highest BCUT2D eigenvalue weighted by Crippen LogP contribution is 2.50. The monoisotopic (exact) mass is 428 g/mol. The molecule has 162 valence electrons. The van der Waals surface area contributed by atoms with Crippen molar-refractivity contribution in [2.45, 2.75) is 38.4 Å². The van der Waals surface area contributed by atoms with Gasteiger partial charge in [0.15, 0.2) is 0 Å². The van der Waals surface area contributed by atoms with Gasteiger partial charge in [0, 0.05) is 17.7 Å². The van der Waals surface area contributed by atoms with E-state index in [1.807, 2.05) is 6.07 Å².